The molecule has 3 aromatic carbocycles. The summed E-state index contributed by atoms with van der Waals surface area (Å²) in [4.78, 5) is 38.6. The Hall–Kier alpha value is -3.45. The van der Waals surface area contributed by atoms with Gasteiger partial charge in [0.2, 0.25) is 0 Å². The molecule has 0 saturated heterocycles. The molecule has 0 heterocycles. The van der Waals surface area contributed by atoms with Gasteiger partial charge in [0, 0.05) is 27.0 Å². The molecule has 0 atom stereocenters. The van der Waals surface area contributed by atoms with Gasteiger partial charge < -0.3 is 16.8 Å². The molecule has 0 spiro atoms. The Balaban J connectivity index is 1.81. The van der Waals surface area contributed by atoms with Crippen molar-refractivity contribution < 1.29 is 14.4 Å². The zero-order chi connectivity index (χ0) is 20.0. The number of amides is 1. The zero-order valence-electron chi connectivity index (χ0n) is 14.5. The molecule has 4 rings (SSSR count). The highest BCUT2D eigenvalue weighted by Crippen LogP contribution is 2.37. The van der Waals surface area contributed by atoms with E-state index in [4.69, 9.17) is 11.5 Å². The third-order valence-electron chi connectivity index (χ3n) is 4.60. The predicted molar refractivity (Wildman–Crippen MR) is 111 cm³/mol. The minimum absolute atomic E-state index is 0.0287. The van der Waals surface area contributed by atoms with Crippen LogP contribution in [0.15, 0.2) is 59.1 Å². The summed E-state index contributed by atoms with van der Waals surface area (Å²) in [5.41, 5.74) is 13.8. The van der Waals surface area contributed by atoms with Crippen LogP contribution in [0.3, 0.4) is 0 Å². The zero-order valence-corrected chi connectivity index (χ0v) is 16.0. The first-order valence-electron chi connectivity index (χ1n) is 8.35. The molecule has 7 heteroatoms. The fourth-order valence-corrected chi connectivity index (χ4v) is 3.83. The van der Waals surface area contributed by atoms with Crippen LogP contribution in [0, 0.1) is 0 Å². The van der Waals surface area contributed by atoms with Crippen molar-refractivity contribution in [1.82, 2.24) is 0 Å². The van der Waals surface area contributed by atoms with Gasteiger partial charge in [-0.2, -0.15) is 0 Å². The summed E-state index contributed by atoms with van der Waals surface area (Å²) in [6, 6.07) is 14.6. The van der Waals surface area contributed by atoms with Crippen LogP contribution in [-0.4, -0.2) is 17.5 Å². The first-order valence-corrected chi connectivity index (χ1v) is 9.15. The van der Waals surface area contributed by atoms with Crippen molar-refractivity contribution in [3.05, 3.63) is 86.9 Å². The molecule has 0 unspecified atom stereocenters. The Labute approximate surface area is 168 Å². The van der Waals surface area contributed by atoms with Gasteiger partial charge in [0.05, 0.1) is 22.4 Å². The second-order valence-corrected chi connectivity index (χ2v) is 7.20. The summed E-state index contributed by atoms with van der Waals surface area (Å²) in [5, 5.41) is 2.71. The Morgan fingerprint density at radius 2 is 1.43 bits per heavy atom. The van der Waals surface area contributed by atoms with Crippen molar-refractivity contribution in [2.75, 3.05) is 16.8 Å². The third-order valence-corrected chi connectivity index (χ3v) is 5.23. The molecule has 1 aliphatic rings. The van der Waals surface area contributed by atoms with E-state index in [1.807, 2.05) is 0 Å². The number of nitrogen functional groups attached to an aromatic ring is 2. The first-order chi connectivity index (χ1) is 13.4. The molecule has 3 aromatic rings. The number of halogens is 1. The summed E-state index contributed by atoms with van der Waals surface area (Å²) in [6.45, 7) is 0. The highest BCUT2D eigenvalue weighted by molar-refractivity contribution is 9.10. The Bertz CT molecular complexity index is 1170. The Morgan fingerprint density at radius 3 is 2.04 bits per heavy atom. The number of nitrogens with two attached hydrogens (primary N) is 2. The lowest BCUT2D eigenvalue weighted by Gasteiger charge is -2.21. The fraction of sp³-hybridized carbons (Fsp3) is 0. The van der Waals surface area contributed by atoms with Crippen molar-refractivity contribution in [2.45, 2.75) is 0 Å². The summed E-state index contributed by atoms with van der Waals surface area (Å²) >= 11 is 3.32. The van der Waals surface area contributed by atoms with E-state index < -0.39 is 5.91 Å². The predicted octanol–water partition coefficient (Wildman–Crippen LogP) is 3.64. The van der Waals surface area contributed by atoms with Crippen molar-refractivity contribution in [1.29, 1.82) is 0 Å². The van der Waals surface area contributed by atoms with E-state index in [-0.39, 0.29) is 39.5 Å². The van der Waals surface area contributed by atoms with Crippen molar-refractivity contribution in [3.63, 3.8) is 0 Å². The second kappa shape index (κ2) is 6.61. The third kappa shape index (κ3) is 2.76. The number of benzene rings is 3. The number of nitrogens with one attached hydrogen (secondary N) is 1. The number of carbonyl (C=O) groups is 3. The minimum atomic E-state index is -0.495. The molecule has 5 N–H and O–H groups in total. The molecule has 28 heavy (non-hydrogen) atoms. The second-order valence-electron chi connectivity index (χ2n) is 6.35. The van der Waals surface area contributed by atoms with E-state index in [0.717, 1.165) is 0 Å². The molecule has 1 amide bonds. The Morgan fingerprint density at radius 1 is 0.857 bits per heavy atom. The highest BCUT2D eigenvalue weighted by Gasteiger charge is 2.34. The van der Waals surface area contributed by atoms with Crippen LogP contribution >= 0.6 is 15.9 Å². The van der Waals surface area contributed by atoms with E-state index >= 15 is 0 Å². The number of hydrogen-bond donors (Lipinski definition) is 3. The average molecular weight is 436 g/mol. The number of ketones is 2. The van der Waals surface area contributed by atoms with E-state index in [9.17, 15) is 14.4 Å². The summed E-state index contributed by atoms with van der Waals surface area (Å²) in [7, 11) is 0. The normalized spacial score (nSPS) is 12.3. The SMILES string of the molecule is Nc1ccc(NC(=O)c2cc(Br)c3c(c2N)C(=O)c2ccccc2C3=O)cc1. The van der Waals surface area contributed by atoms with E-state index in [1.165, 1.54) is 6.07 Å². The largest absolute Gasteiger partial charge is 0.399 e. The monoisotopic (exact) mass is 435 g/mol. The maximum atomic E-state index is 13.0. The molecule has 6 nitrogen and oxygen atoms in total. The molecule has 0 saturated carbocycles. The Kier molecular flexibility index (Phi) is 4.24. The number of carbonyl (C=O) groups excluding carboxylic acids is 3. The molecule has 0 radical (unpaired) electrons. The number of rotatable bonds is 2. The van der Waals surface area contributed by atoms with Crippen LogP contribution in [0.25, 0.3) is 0 Å². The molecule has 0 aromatic heterocycles. The number of fused-ring (bicyclic) bond motifs is 2. The van der Waals surface area contributed by atoms with Gasteiger partial charge in [0.25, 0.3) is 5.91 Å². The van der Waals surface area contributed by atoms with Crippen molar-refractivity contribution in [3.8, 4) is 0 Å². The van der Waals surface area contributed by atoms with Gasteiger partial charge in [-0.1, -0.05) is 24.3 Å². The summed E-state index contributed by atoms with van der Waals surface area (Å²) in [5.74, 6) is -1.19. The minimum Gasteiger partial charge on any atom is -0.399 e. The van der Waals surface area contributed by atoms with E-state index in [0.29, 0.717) is 21.4 Å². The topological polar surface area (TPSA) is 115 Å². The first kappa shape index (κ1) is 17.9. The van der Waals surface area contributed by atoms with Gasteiger partial charge >= 0.3 is 0 Å². The summed E-state index contributed by atoms with van der Waals surface area (Å²) < 4.78 is 0.340. The average Bonchev–Trinajstić information content (AvgIpc) is 2.69. The van der Waals surface area contributed by atoms with Gasteiger partial charge in [0.15, 0.2) is 11.6 Å². The molecule has 1 aliphatic carbocycles. The van der Waals surface area contributed by atoms with Crippen LogP contribution < -0.4 is 16.8 Å². The lowest BCUT2D eigenvalue weighted by Crippen LogP contribution is -2.25. The standard InChI is InChI=1S/C21H14BrN3O3/c22-15-9-14(21(28)25-11-7-5-10(23)6-8-11)18(24)17-16(15)19(26)12-3-1-2-4-13(12)20(17)27/h1-9H,23-24H2,(H,25,28). The highest BCUT2D eigenvalue weighted by atomic mass is 79.9. The molecular weight excluding hydrogens is 422 g/mol. The molecule has 0 fully saturated rings. The molecular formula is C21H14BrN3O3. The van der Waals surface area contributed by atoms with Gasteiger partial charge in [-0.15, -0.1) is 0 Å². The molecule has 0 bridgehead atoms. The van der Waals surface area contributed by atoms with Crippen LogP contribution in [0.2, 0.25) is 0 Å². The van der Waals surface area contributed by atoms with Crippen LogP contribution in [0.5, 0.6) is 0 Å². The van der Waals surface area contributed by atoms with Gasteiger partial charge in [-0.25, -0.2) is 0 Å². The number of anilines is 3. The van der Waals surface area contributed by atoms with Gasteiger partial charge in [-0.05, 0) is 46.3 Å². The fourth-order valence-electron chi connectivity index (χ4n) is 3.22. The summed E-state index contributed by atoms with van der Waals surface area (Å²) in [6.07, 6.45) is 0. The lowest BCUT2D eigenvalue weighted by atomic mass is 9.82. The molecule has 0 aliphatic heterocycles. The lowest BCUT2D eigenvalue weighted by molar-refractivity contribution is 0.0978. The van der Waals surface area contributed by atoms with Crippen LogP contribution in [-0.2, 0) is 0 Å². The van der Waals surface area contributed by atoms with Crippen molar-refractivity contribution in [2.24, 2.45) is 0 Å². The maximum absolute atomic E-state index is 13.0. The quantitative estimate of drug-likeness (QED) is 0.415. The number of hydrogen-bond acceptors (Lipinski definition) is 5. The maximum Gasteiger partial charge on any atom is 0.257 e. The van der Waals surface area contributed by atoms with Crippen LogP contribution in [0.4, 0.5) is 17.1 Å². The van der Waals surface area contributed by atoms with Crippen molar-refractivity contribution >= 4 is 50.5 Å². The van der Waals surface area contributed by atoms with E-state index in [2.05, 4.69) is 21.2 Å². The van der Waals surface area contributed by atoms with Gasteiger partial charge in [-0.3, -0.25) is 14.4 Å². The molecule has 138 valence electrons. The van der Waals surface area contributed by atoms with E-state index in [1.54, 1.807) is 48.5 Å². The van der Waals surface area contributed by atoms with Crippen LogP contribution in [0.1, 0.15) is 42.2 Å². The van der Waals surface area contributed by atoms with Gasteiger partial charge in [0.1, 0.15) is 0 Å². The smallest absolute Gasteiger partial charge is 0.257 e.